The van der Waals surface area contributed by atoms with Gasteiger partial charge >= 0.3 is 7.82 Å². The van der Waals surface area contributed by atoms with Crippen molar-refractivity contribution in [3.8, 4) is 0 Å². The summed E-state index contributed by atoms with van der Waals surface area (Å²) in [6, 6.07) is 0. The number of nitrogens with one attached hydrogen (secondary N) is 1. The molecule has 0 saturated heterocycles. The number of hydrogen-bond acceptors (Lipinski definition) is 7. The second-order valence-electron chi connectivity index (χ2n) is 4.68. The molecule has 12 heteroatoms. The van der Waals surface area contributed by atoms with E-state index in [0.717, 1.165) is 0 Å². The van der Waals surface area contributed by atoms with Crippen molar-refractivity contribution in [2.75, 3.05) is 18.9 Å². The van der Waals surface area contributed by atoms with Gasteiger partial charge in [0.15, 0.2) is 11.2 Å². The van der Waals surface area contributed by atoms with Crippen molar-refractivity contribution in [3.63, 3.8) is 0 Å². The summed E-state index contributed by atoms with van der Waals surface area (Å²) >= 11 is 0. The van der Waals surface area contributed by atoms with E-state index in [1.165, 1.54) is 10.9 Å². The monoisotopic (exact) mass is 333 g/mol. The Morgan fingerprint density at radius 2 is 2.23 bits per heavy atom. The lowest BCUT2D eigenvalue weighted by molar-refractivity contribution is 0.142. The molecule has 2 aromatic heterocycles. The Morgan fingerprint density at radius 3 is 2.86 bits per heavy atom. The smallest absolute Gasteiger partial charge is 0.396 e. The van der Waals surface area contributed by atoms with Gasteiger partial charge in [-0.05, 0) is 6.42 Å². The number of phosphoric acid groups is 1. The molecule has 0 fully saturated rings. The number of nitrogen functional groups attached to an aromatic ring is 1. The van der Waals surface area contributed by atoms with Gasteiger partial charge in [0.2, 0.25) is 5.95 Å². The van der Waals surface area contributed by atoms with Crippen molar-refractivity contribution in [2.45, 2.75) is 13.0 Å². The highest BCUT2D eigenvalue weighted by Gasteiger charge is 2.20. The molecule has 0 aliphatic rings. The van der Waals surface area contributed by atoms with Gasteiger partial charge in [0.05, 0.1) is 12.9 Å². The molecular weight excluding hydrogens is 317 g/mol. The van der Waals surface area contributed by atoms with Crippen LogP contribution >= 0.6 is 7.82 Å². The van der Waals surface area contributed by atoms with Gasteiger partial charge < -0.3 is 25.2 Å². The first-order valence-electron chi connectivity index (χ1n) is 6.31. The van der Waals surface area contributed by atoms with Crippen LogP contribution in [0.1, 0.15) is 6.42 Å². The highest BCUT2D eigenvalue weighted by Crippen LogP contribution is 2.36. The van der Waals surface area contributed by atoms with Gasteiger partial charge in [0.25, 0.3) is 5.56 Å². The molecule has 0 radical (unpaired) electrons. The standard InChI is InChI=1S/C10H16N5O6P/c11-10-13-8-7(9(17)14-10)12-5-15(8)3-6(1-2-16)4-21-22(18,19)20/h5-6,16H,1-4H2,(H2,18,19,20)(H3,11,13,14,17)/t6-/m1/s1. The largest absolute Gasteiger partial charge is 0.469 e. The molecule has 2 aromatic rings. The first-order chi connectivity index (χ1) is 10.3. The Bertz CT molecular complexity index is 752. The molecule has 122 valence electrons. The Kier molecular flexibility index (Phi) is 4.94. The number of nitrogens with two attached hydrogens (primary N) is 1. The number of rotatable bonds is 7. The fourth-order valence-electron chi connectivity index (χ4n) is 1.99. The molecule has 0 saturated carbocycles. The molecule has 0 spiro atoms. The van der Waals surface area contributed by atoms with Gasteiger partial charge in [-0.25, -0.2) is 9.55 Å². The number of aliphatic hydroxyl groups excluding tert-OH is 1. The second-order valence-corrected chi connectivity index (χ2v) is 5.92. The van der Waals surface area contributed by atoms with Crippen molar-refractivity contribution >= 4 is 24.9 Å². The lowest BCUT2D eigenvalue weighted by atomic mass is 10.1. The van der Waals surface area contributed by atoms with Crippen molar-refractivity contribution in [3.05, 3.63) is 16.7 Å². The van der Waals surface area contributed by atoms with Crippen LogP contribution in [0.2, 0.25) is 0 Å². The molecule has 0 amide bonds. The van der Waals surface area contributed by atoms with E-state index in [0.29, 0.717) is 0 Å². The predicted octanol–water partition coefficient (Wildman–Crippen LogP) is -1.19. The molecule has 11 nitrogen and oxygen atoms in total. The topological polar surface area (TPSA) is 177 Å². The van der Waals surface area contributed by atoms with Crippen LogP contribution in [0.25, 0.3) is 11.2 Å². The Morgan fingerprint density at radius 1 is 1.50 bits per heavy atom. The van der Waals surface area contributed by atoms with E-state index in [1.54, 1.807) is 0 Å². The highest BCUT2D eigenvalue weighted by atomic mass is 31.2. The fourth-order valence-corrected chi connectivity index (χ4v) is 2.40. The number of phosphoric ester groups is 1. The van der Waals surface area contributed by atoms with Crippen molar-refractivity contribution < 1.29 is 24.0 Å². The zero-order valence-corrected chi connectivity index (χ0v) is 12.3. The summed E-state index contributed by atoms with van der Waals surface area (Å²) < 4.78 is 16.7. The minimum absolute atomic E-state index is 0.0653. The maximum absolute atomic E-state index is 11.7. The summed E-state index contributed by atoms with van der Waals surface area (Å²) in [6.45, 7) is -0.242. The number of anilines is 1. The third kappa shape index (κ3) is 4.12. The van der Waals surface area contributed by atoms with Crippen LogP contribution in [-0.4, -0.2) is 47.6 Å². The van der Waals surface area contributed by atoms with Crippen LogP contribution < -0.4 is 11.3 Å². The van der Waals surface area contributed by atoms with Gasteiger partial charge in [-0.3, -0.25) is 14.3 Å². The minimum Gasteiger partial charge on any atom is -0.396 e. The number of hydrogen-bond donors (Lipinski definition) is 5. The number of imidazole rings is 1. The van der Waals surface area contributed by atoms with Crippen LogP contribution in [0.15, 0.2) is 11.1 Å². The van der Waals surface area contributed by atoms with Gasteiger partial charge in [-0.1, -0.05) is 0 Å². The third-order valence-electron chi connectivity index (χ3n) is 2.96. The third-order valence-corrected chi connectivity index (χ3v) is 3.45. The molecule has 0 aliphatic carbocycles. The van der Waals surface area contributed by atoms with Crippen molar-refractivity contribution in [2.24, 2.45) is 5.92 Å². The highest BCUT2D eigenvalue weighted by molar-refractivity contribution is 7.46. The molecule has 22 heavy (non-hydrogen) atoms. The van der Waals surface area contributed by atoms with Crippen LogP contribution in [0.5, 0.6) is 0 Å². The van der Waals surface area contributed by atoms with Gasteiger partial charge in [0, 0.05) is 19.1 Å². The average molecular weight is 333 g/mol. The quantitative estimate of drug-likeness (QED) is 0.390. The SMILES string of the molecule is Nc1nc2c(ncn2C[C@@H](CCO)COP(=O)(O)O)c(=O)[nH]1. The molecule has 0 unspecified atom stereocenters. The summed E-state index contributed by atoms with van der Waals surface area (Å²) in [4.78, 5) is 39.4. The second kappa shape index (κ2) is 6.55. The number of aromatic amines is 1. The summed E-state index contributed by atoms with van der Waals surface area (Å²) in [5.41, 5.74) is 5.36. The molecule has 0 aromatic carbocycles. The van der Waals surface area contributed by atoms with E-state index in [9.17, 15) is 9.36 Å². The molecule has 0 bridgehead atoms. The minimum atomic E-state index is -4.59. The maximum Gasteiger partial charge on any atom is 0.469 e. The Hall–Kier alpha value is -1.78. The molecular formula is C10H16N5O6P. The van der Waals surface area contributed by atoms with E-state index in [1.807, 2.05) is 0 Å². The number of aromatic nitrogens is 4. The molecule has 1 atom stereocenters. The molecule has 0 aliphatic heterocycles. The fraction of sp³-hybridized carbons (Fsp3) is 0.500. The molecule has 6 N–H and O–H groups in total. The summed E-state index contributed by atoms with van der Waals surface area (Å²) in [5, 5.41) is 9.03. The van der Waals surface area contributed by atoms with Gasteiger partial charge in [-0.2, -0.15) is 4.98 Å². The number of fused-ring (bicyclic) bond motifs is 1. The summed E-state index contributed by atoms with van der Waals surface area (Å²) in [6.07, 6.45) is 1.62. The first kappa shape index (κ1) is 16.6. The number of nitrogens with zero attached hydrogens (tertiary/aromatic N) is 3. The summed E-state index contributed by atoms with van der Waals surface area (Å²) in [7, 11) is -4.59. The van der Waals surface area contributed by atoms with Crippen LogP contribution in [0, 0.1) is 5.92 Å². The summed E-state index contributed by atoms with van der Waals surface area (Å²) in [5.74, 6) is -0.471. The normalized spacial score (nSPS) is 13.6. The van der Waals surface area contributed by atoms with E-state index < -0.39 is 19.3 Å². The molecule has 2 rings (SSSR count). The Labute approximate surface area is 124 Å². The van der Waals surface area contributed by atoms with Crippen LogP contribution in [0.3, 0.4) is 0 Å². The van der Waals surface area contributed by atoms with E-state index in [2.05, 4.69) is 19.5 Å². The zero-order valence-electron chi connectivity index (χ0n) is 11.4. The Balaban J connectivity index is 2.23. The van der Waals surface area contributed by atoms with Crippen molar-refractivity contribution in [1.82, 2.24) is 19.5 Å². The van der Waals surface area contributed by atoms with Gasteiger partial charge in [-0.15, -0.1) is 0 Å². The van der Waals surface area contributed by atoms with E-state index >= 15 is 0 Å². The molecule has 2 heterocycles. The lowest BCUT2D eigenvalue weighted by Gasteiger charge is -2.17. The average Bonchev–Trinajstić information content (AvgIpc) is 2.79. The number of aliphatic hydroxyl groups is 1. The first-order valence-corrected chi connectivity index (χ1v) is 7.84. The lowest BCUT2D eigenvalue weighted by Crippen LogP contribution is -2.18. The van der Waals surface area contributed by atoms with Crippen LogP contribution in [-0.2, 0) is 15.6 Å². The zero-order chi connectivity index (χ0) is 16.3. The van der Waals surface area contributed by atoms with Crippen molar-refractivity contribution in [1.29, 1.82) is 0 Å². The van der Waals surface area contributed by atoms with E-state index in [4.69, 9.17) is 20.6 Å². The maximum atomic E-state index is 11.7. The van der Waals surface area contributed by atoms with E-state index in [-0.39, 0.29) is 43.3 Å². The predicted molar refractivity (Wildman–Crippen MR) is 75.8 cm³/mol. The van der Waals surface area contributed by atoms with Crippen LogP contribution in [0.4, 0.5) is 5.95 Å². The van der Waals surface area contributed by atoms with Gasteiger partial charge in [0.1, 0.15) is 0 Å². The number of H-pyrrole nitrogens is 1.